The molecule has 5 nitrogen and oxygen atoms in total. The number of hydrogen-bond acceptors (Lipinski definition) is 4. The molecule has 0 spiro atoms. The van der Waals surface area contributed by atoms with Gasteiger partial charge in [0.2, 0.25) is 0 Å². The van der Waals surface area contributed by atoms with Gasteiger partial charge < -0.3 is 9.47 Å². The van der Waals surface area contributed by atoms with Gasteiger partial charge in [-0.1, -0.05) is 0 Å². The first-order chi connectivity index (χ1) is 13.5. The zero-order valence-corrected chi connectivity index (χ0v) is 14.6. The van der Waals surface area contributed by atoms with Crippen LogP contribution in [0.3, 0.4) is 0 Å². The van der Waals surface area contributed by atoms with Crippen LogP contribution in [0.1, 0.15) is 0 Å². The van der Waals surface area contributed by atoms with E-state index in [-0.39, 0.29) is 5.75 Å². The summed E-state index contributed by atoms with van der Waals surface area (Å²) < 4.78 is 49.5. The van der Waals surface area contributed by atoms with E-state index in [9.17, 15) is 13.2 Å². The van der Waals surface area contributed by atoms with Gasteiger partial charge in [-0.25, -0.2) is 9.37 Å². The van der Waals surface area contributed by atoms with Gasteiger partial charge in [0, 0.05) is 17.3 Å². The molecule has 0 radical (unpaired) electrons. The molecule has 0 aliphatic rings. The molecular weight excluding hydrogens is 371 g/mol. The van der Waals surface area contributed by atoms with E-state index in [0.29, 0.717) is 28.2 Å². The highest BCUT2D eigenvalue weighted by Gasteiger charge is 2.12. The number of methoxy groups -OCH3 is 1. The Morgan fingerprint density at radius 3 is 2.50 bits per heavy atom. The number of pyridine rings is 1. The third-order valence-electron chi connectivity index (χ3n) is 4.21. The molecule has 142 valence electrons. The molecule has 0 atom stereocenters. The monoisotopic (exact) mass is 385 g/mol. The summed E-state index contributed by atoms with van der Waals surface area (Å²) in [6.07, 6.45) is 3.22. The van der Waals surface area contributed by atoms with Gasteiger partial charge in [-0.15, -0.1) is 0 Å². The first-order valence-electron chi connectivity index (χ1n) is 8.27. The summed E-state index contributed by atoms with van der Waals surface area (Å²) in [6.45, 7) is -2.88. The maximum atomic E-state index is 13.5. The number of benzene rings is 2. The lowest BCUT2D eigenvalue weighted by Crippen LogP contribution is -2.02. The largest absolute Gasteiger partial charge is 0.496 e. The lowest BCUT2D eigenvalue weighted by Gasteiger charge is -2.10. The van der Waals surface area contributed by atoms with E-state index in [1.54, 1.807) is 35.3 Å². The Morgan fingerprint density at radius 2 is 1.79 bits per heavy atom. The highest BCUT2D eigenvalue weighted by atomic mass is 19.3. The molecule has 8 heteroatoms. The van der Waals surface area contributed by atoms with Gasteiger partial charge in [-0.05, 0) is 42.5 Å². The number of imidazole rings is 1. The van der Waals surface area contributed by atoms with Crippen molar-refractivity contribution in [1.29, 1.82) is 0 Å². The van der Waals surface area contributed by atoms with Crippen LogP contribution in [0, 0.1) is 5.82 Å². The molecule has 0 bridgehead atoms. The third-order valence-corrected chi connectivity index (χ3v) is 4.21. The van der Waals surface area contributed by atoms with Crippen molar-refractivity contribution in [2.75, 3.05) is 7.11 Å². The molecule has 0 amide bonds. The van der Waals surface area contributed by atoms with Crippen molar-refractivity contribution in [2.24, 2.45) is 0 Å². The average molecular weight is 385 g/mol. The highest BCUT2D eigenvalue weighted by molar-refractivity contribution is 5.82. The van der Waals surface area contributed by atoms with Crippen LogP contribution in [0.5, 0.6) is 11.5 Å². The number of rotatable bonds is 5. The number of fused-ring (bicyclic) bond motifs is 1. The summed E-state index contributed by atoms with van der Waals surface area (Å²) >= 11 is 0. The van der Waals surface area contributed by atoms with Crippen LogP contribution in [0.15, 0.2) is 61.1 Å². The number of nitrogens with zero attached hydrogens (tertiary/aromatic N) is 3. The summed E-state index contributed by atoms with van der Waals surface area (Å²) in [5, 5.41) is 0. The number of halogens is 3. The molecule has 0 aliphatic carbocycles. The Hall–Kier alpha value is -3.55. The summed E-state index contributed by atoms with van der Waals surface area (Å²) in [6, 6.07) is 12.2. The standard InChI is InChI=1S/C20H14F3N3O2/c1-27-19-8-12(21)2-7-15(19)16-9-18-17(10-24-16)25-11-26(18)13-3-5-14(6-4-13)28-20(22)23/h2-11,20H,1H3. The van der Waals surface area contributed by atoms with Crippen LogP contribution < -0.4 is 9.47 Å². The zero-order chi connectivity index (χ0) is 19.7. The third kappa shape index (κ3) is 3.36. The fourth-order valence-corrected chi connectivity index (χ4v) is 2.93. The normalized spacial score (nSPS) is 11.2. The van der Waals surface area contributed by atoms with E-state index in [4.69, 9.17) is 4.74 Å². The second-order valence-electron chi connectivity index (χ2n) is 5.89. The van der Waals surface area contributed by atoms with E-state index < -0.39 is 12.4 Å². The Labute approximate surface area is 158 Å². The van der Waals surface area contributed by atoms with Crippen LogP contribution in [0.2, 0.25) is 0 Å². The number of ether oxygens (including phenoxy) is 2. The molecule has 0 aliphatic heterocycles. The van der Waals surface area contributed by atoms with Gasteiger partial charge in [-0.2, -0.15) is 8.78 Å². The van der Waals surface area contributed by atoms with Gasteiger partial charge >= 0.3 is 6.61 Å². The lowest BCUT2D eigenvalue weighted by molar-refractivity contribution is -0.0498. The van der Waals surface area contributed by atoms with Crippen molar-refractivity contribution in [3.63, 3.8) is 0 Å². The second-order valence-corrected chi connectivity index (χ2v) is 5.89. The van der Waals surface area contributed by atoms with Gasteiger partial charge in [0.15, 0.2) is 0 Å². The molecule has 2 aromatic heterocycles. The first-order valence-corrected chi connectivity index (χ1v) is 8.27. The molecule has 0 saturated carbocycles. The molecule has 0 N–H and O–H groups in total. The number of aromatic nitrogens is 3. The SMILES string of the molecule is COc1cc(F)ccc1-c1cc2c(cn1)ncn2-c1ccc(OC(F)F)cc1. The summed E-state index contributed by atoms with van der Waals surface area (Å²) in [7, 11) is 1.46. The molecular formula is C20H14F3N3O2. The van der Waals surface area contributed by atoms with Gasteiger partial charge in [0.05, 0.1) is 24.5 Å². The van der Waals surface area contributed by atoms with E-state index in [0.717, 1.165) is 5.52 Å². The minimum absolute atomic E-state index is 0.0709. The minimum Gasteiger partial charge on any atom is -0.496 e. The van der Waals surface area contributed by atoms with Gasteiger partial charge in [0.1, 0.15) is 29.2 Å². The summed E-state index contributed by atoms with van der Waals surface area (Å²) in [4.78, 5) is 8.70. The minimum atomic E-state index is -2.88. The summed E-state index contributed by atoms with van der Waals surface area (Å²) in [5.41, 5.74) is 3.34. The molecule has 0 saturated heterocycles. The summed E-state index contributed by atoms with van der Waals surface area (Å²) in [5.74, 6) is 0.0332. The smallest absolute Gasteiger partial charge is 0.387 e. The maximum absolute atomic E-state index is 13.5. The molecule has 2 heterocycles. The fraction of sp³-hybridized carbons (Fsp3) is 0.100. The fourth-order valence-electron chi connectivity index (χ4n) is 2.93. The average Bonchev–Trinajstić information content (AvgIpc) is 3.11. The number of hydrogen-bond donors (Lipinski definition) is 0. The highest BCUT2D eigenvalue weighted by Crippen LogP contribution is 2.31. The predicted octanol–water partition coefficient (Wildman–Crippen LogP) is 4.84. The second kappa shape index (κ2) is 7.22. The van der Waals surface area contributed by atoms with Crippen LogP contribution >= 0.6 is 0 Å². The lowest BCUT2D eigenvalue weighted by atomic mass is 10.1. The molecule has 4 aromatic rings. The predicted molar refractivity (Wildman–Crippen MR) is 97.4 cm³/mol. The zero-order valence-electron chi connectivity index (χ0n) is 14.6. The molecule has 4 rings (SSSR count). The Bertz CT molecular complexity index is 1130. The first kappa shape index (κ1) is 17.8. The van der Waals surface area contributed by atoms with Gasteiger partial charge in [0.25, 0.3) is 0 Å². The molecule has 28 heavy (non-hydrogen) atoms. The van der Waals surface area contributed by atoms with Crippen LogP contribution in [-0.4, -0.2) is 28.3 Å². The van der Waals surface area contributed by atoms with Crippen LogP contribution in [0.25, 0.3) is 28.0 Å². The maximum Gasteiger partial charge on any atom is 0.387 e. The van der Waals surface area contributed by atoms with Crippen molar-refractivity contribution < 1.29 is 22.6 Å². The van der Waals surface area contributed by atoms with E-state index in [1.165, 1.54) is 31.4 Å². The van der Waals surface area contributed by atoms with Gasteiger partial charge in [-0.3, -0.25) is 9.55 Å². The van der Waals surface area contributed by atoms with E-state index in [1.807, 2.05) is 6.07 Å². The Kier molecular flexibility index (Phi) is 4.60. The molecule has 2 aromatic carbocycles. The van der Waals surface area contributed by atoms with E-state index in [2.05, 4.69) is 14.7 Å². The van der Waals surface area contributed by atoms with Crippen molar-refractivity contribution in [3.8, 4) is 28.4 Å². The van der Waals surface area contributed by atoms with Crippen LogP contribution in [-0.2, 0) is 0 Å². The van der Waals surface area contributed by atoms with E-state index >= 15 is 0 Å². The Morgan fingerprint density at radius 1 is 1.00 bits per heavy atom. The van der Waals surface area contributed by atoms with Crippen molar-refractivity contribution in [1.82, 2.24) is 14.5 Å². The molecule has 0 unspecified atom stereocenters. The van der Waals surface area contributed by atoms with Crippen molar-refractivity contribution in [2.45, 2.75) is 6.61 Å². The number of alkyl halides is 2. The van der Waals surface area contributed by atoms with Crippen molar-refractivity contribution in [3.05, 3.63) is 66.9 Å². The van der Waals surface area contributed by atoms with Crippen LogP contribution in [0.4, 0.5) is 13.2 Å². The molecule has 0 fully saturated rings. The quantitative estimate of drug-likeness (QED) is 0.493. The topological polar surface area (TPSA) is 49.2 Å². The van der Waals surface area contributed by atoms with Crippen molar-refractivity contribution >= 4 is 11.0 Å². The Balaban J connectivity index is 1.77.